The highest BCUT2D eigenvalue weighted by Gasteiger charge is 2.26. The van der Waals surface area contributed by atoms with Gasteiger partial charge < -0.3 is 26.2 Å². The zero-order valence-electron chi connectivity index (χ0n) is 18.4. The summed E-state index contributed by atoms with van der Waals surface area (Å²) in [5.41, 5.74) is 1.06. The van der Waals surface area contributed by atoms with Crippen LogP contribution in [0.15, 0.2) is 54.2 Å². The minimum absolute atomic E-state index is 0.157. The number of amides is 3. The third kappa shape index (κ3) is 5.98. The van der Waals surface area contributed by atoms with Gasteiger partial charge in [-0.2, -0.15) is 0 Å². The topological polar surface area (TPSA) is 111 Å². The first-order valence-electron chi connectivity index (χ1n) is 10.8. The van der Waals surface area contributed by atoms with Crippen molar-refractivity contribution < 1.29 is 9.59 Å². The summed E-state index contributed by atoms with van der Waals surface area (Å²) in [7, 11) is 1.82. The molecule has 3 aromatic rings. The molecular formula is C23H27N7O2S. The summed E-state index contributed by atoms with van der Waals surface area (Å²) in [6.45, 7) is 1.86. The molecule has 33 heavy (non-hydrogen) atoms. The van der Waals surface area contributed by atoms with Crippen LogP contribution in [-0.2, 0) is 6.54 Å². The largest absolute Gasteiger partial charge is 0.373 e. The van der Waals surface area contributed by atoms with Gasteiger partial charge in [0.25, 0.3) is 5.91 Å². The van der Waals surface area contributed by atoms with Gasteiger partial charge in [0, 0.05) is 48.4 Å². The van der Waals surface area contributed by atoms with E-state index >= 15 is 0 Å². The van der Waals surface area contributed by atoms with E-state index in [9.17, 15) is 9.59 Å². The van der Waals surface area contributed by atoms with Gasteiger partial charge in [-0.05, 0) is 42.5 Å². The second kappa shape index (κ2) is 10.8. The number of rotatable bonds is 8. The average molecular weight is 466 g/mol. The standard InChI is InChI=1S/C23H27N7O2S/c1-24-20-12-21(28-15-27-20)30-9-3-7-18(30)13-26-23(32)29-17-6-2-5-16(11-17)22(31)25-14-19-8-4-10-33-19/h2,4-6,8,10-12,15,18H,3,7,9,13-14H2,1H3,(H,25,31)(H,24,27,28)(H2,26,29,32). The summed E-state index contributed by atoms with van der Waals surface area (Å²) in [5, 5.41) is 13.7. The van der Waals surface area contributed by atoms with Crippen molar-refractivity contribution in [3.63, 3.8) is 0 Å². The smallest absolute Gasteiger partial charge is 0.319 e. The van der Waals surface area contributed by atoms with Gasteiger partial charge >= 0.3 is 6.03 Å². The molecule has 172 valence electrons. The van der Waals surface area contributed by atoms with Crippen molar-refractivity contribution in [1.82, 2.24) is 20.6 Å². The van der Waals surface area contributed by atoms with E-state index in [1.165, 1.54) is 0 Å². The van der Waals surface area contributed by atoms with Crippen molar-refractivity contribution in [3.05, 3.63) is 64.6 Å². The van der Waals surface area contributed by atoms with Crippen molar-refractivity contribution >= 4 is 40.6 Å². The lowest BCUT2D eigenvalue weighted by Crippen LogP contribution is -2.42. The van der Waals surface area contributed by atoms with Crippen molar-refractivity contribution in [1.29, 1.82) is 0 Å². The van der Waals surface area contributed by atoms with Crippen LogP contribution in [0.5, 0.6) is 0 Å². The average Bonchev–Trinajstić information content (AvgIpc) is 3.53. The van der Waals surface area contributed by atoms with Crippen molar-refractivity contribution in [2.24, 2.45) is 0 Å². The monoisotopic (exact) mass is 465 g/mol. The fourth-order valence-electron chi connectivity index (χ4n) is 3.80. The molecule has 3 heterocycles. The Hall–Kier alpha value is -3.66. The second-order valence-electron chi connectivity index (χ2n) is 7.68. The van der Waals surface area contributed by atoms with E-state index in [0.717, 1.165) is 35.9 Å². The minimum Gasteiger partial charge on any atom is -0.373 e. The lowest BCUT2D eigenvalue weighted by atomic mass is 10.2. The van der Waals surface area contributed by atoms with Crippen molar-refractivity contribution in [3.8, 4) is 0 Å². The summed E-state index contributed by atoms with van der Waals surface area (Å²) in [6.07, 6.45) is 3.55. The first-order chi connectivity index (χ1) is 16.1. The van der Waals surface area contributed by atoms with Gasteiger partial charge in [0.15, 0.2) is 0 Å². The van der Waals surface area contributed by atoms with E-state index < -0.39 is 0 Å². The van der Waals surface area contributed by atoms with Gasteiger partial charge in [0.1, 0.15) is 18.0 Å². The fourth-order valence-corrected chi connectivity index (χ4v) is 4.44. The molecule has 9 nitrogen and oxygen atoms in total. The molecule has 1 unspecified atom stereocenters. The van der Waals surface area contributed by atoms with Gasteiger partial charge in [-0.25, -0.2) is 14.8 Å². The maximum absolute atomic E-state index is 12.5. The molecule has 0 bridgehead atoms. The second-order valence-corrected chi connectivity index (χ2v) is 8.71. The van der Waals surface area contributed by atoms with Crippen LogP contribution in [-0.4, -0.2) is 48.1 Å². The Kier molecular flexibility index (Phi) is 7.36. The van der Waals surface area contributed by atoms with Crippen LogP contribution in [0.2, 0.25) is 0 Å². The van der Waals surface area contributed by atoms with Gasteiger partial charge in [-0.1, -0.05) is 12.1 Å². The van der Waals surface area contributed by atoms with Gasteiger partial charge in [0.05, 0.1) is 6.54 Å². The van der Waals surface area contributed by atoms with E-state index in [2.05, 4.69) is 36.1 Å². The van der Waals surface area contributed by atoms with Crippen molar-refractivity contribution in [2.45, 2.75) is 25.4 Å². The Bertz CT molecular complexity index is 1090. The Morgan fingerprint density at radius 2 is 2.06 bits per heavy atom. The summed E-state index contributed by atoms with van der Waals surface area (Å²) in [4.78, 5) is 36.8. The molecular weight excluding hydrogens is 438 g/mol. The zero-order valence-corrected chi connectivity index (χ0v) is 19.2. The molecule has 3 amide bonds. The number of hydrogen-bond donors (Lipinski definition) is 4. The maximum atomic E-state index is 12.5. The number of thiophene rings is 1. The van der Waals surface area contributed by atoms with E-state index in [0.29, 0.717) is 24.3 Å². The molecule has 0 spiro atoms. The lowest BCUT2D eigenvalue weighted by molar-refractivity contribution is 0.0951. The Labute approximate surface area is 196 Å². The van der Waals surface area contributed by atoms with Crippen LogP contribution in [0.25, 0.3) is 0 Å². The first-order valence-corrected chi connectivity index (χ1v) is 11.7. The van der Waals surface area contributed by atoms with E-state index in [1.54, 1.807) is 41.9 Å². The van der Waals surface area contributed by atoms with Crippen LogP contribution in [0, 0.1) is 0 Å². The van der Waals surface area contributed by atoms with E-state index in [4.69, 9.17) is 0 Å². The third-order valence-electron chi connectivity index (χ3n) is 5.46. The Morgan fingerprint density at radius 1 is 1.15 bits per heavy atom. The van der Waals surface area contributed by atoms with Crippen LogP contribution >= 0.6 is 11.3 Å². The molecule has 0 aliphatic carbocycles. The fraction of sp³-hybridized carbons (Fsp3) is 0.304. The molecule has 4 rings (SSSR count). The van der Waals surface area contributed by atoms with Crippen LogP contribution in [0.1, 0.15) is 28.1 Å². The predicted octanol–water partition coefficient (Wildman–Crippen LogP) is 3.30. The summed E-state index contributed by atoms with van der Waals surface area (Å²) < 4.78 is 0. The highest BCUT2D eigenvalue weighted by Crippen LogP contribution is 2.24. The lowest BCUT2D eigenvalue weighted by Gasteiger charge is -2.26. The molecule has 1 atom stereocenters. The number of benzene rings is 1. The molecule has 1 aliphatic rings. The number of aromatic nitrogens is 2. The highest BCUT2D eigenvalue weighted by molar-refractivity contribution is 7.09. The van der Waals surface area contributed by atoms with Crippen LogP contribution < -0.4 is 26.2 Å². The molecule has 10 heteroatoms. The molecule has 0 saturated carbocycles. The van der Waals surface area contributed by atoms with Crippen LogP contribution in [0.4, 0.5) is 22.1 Å². The third-order valence-corrected chi connectivity index (χ3v) is 6.34. The number of anilines is 3. The number of hydrogen-bond acceptors (Lipinski definition) is 7. The predicted molar refractivity (Wildman–Crippen MR) is 131 cm³/mol. The number of carbonyl (C=O) groups is 2. The van der Waals surface area contributed by atoms with Gasteiger partial charge in [0.2, 0.25) is 0 Å². The number of nitrogens with zero attached hydrogens (tertiary/aromatic N) is 3. The molecule has 1 aromatic carbocycles. The minimum atomic E-state index is -0.309. The summed E-state index contributed by atoms with van der Waals surface area (Å²) >= 11 is 1.59. The molecule has 1 aliphatic heterocycles. The quantitative estimate of drug-likeness (QED) is 0.406. The molecule has 1 fully saturated rings. The van der Waals surface area contributed by atoms with Crippen LogP contribution in [0.3, 0.4) is 0 Å². The molecule has 0 radical (unpaired) electrons. The maximum Gasteiger partial charge on any atom is 0.319 e. The van der Waals surface area contributed by atoms with Gasteiger partial charge in [-0.3, -0.25) is 4.79 Å². The zero-order chi connectivity index (χ0) is 23.0. The Balaban J connectivity index is 1.29. The number of carbonyl (C=O) groups excluding carboxylic acids is 2. The number of urea groups is 1. The molecule has 4 N–H and O–H groups in total. The molecule has 1 saturated heterocycles. The first kappa shape index (κ1) is 22.5. The van der Waals surface area contributed by atoms with E-state index in [-0.39, 0.29) is 18.0 Å². The van der Waals surface area contributed by atoms with Crippen molar-refractivity contribution in [2.75, 3.05) is 35.7 Å². The normalized spacial score (nSPS) is 15.2. The SMILES string of the molecule is CNc1cc(N2CCCC2CNC(=O)Nc2cccc(C(=O)NCc3cccs3)c2)ncn1. The summed E-state index contributed by atoms with van der Waals surface area (Å²) in [6, 6.07) is 12.6. The summed E-state index contributed by atoms with van der Waals surface area (Å²) in [5.74, 6) is 1.43. The van der Waals surface area contributed by atoms with E-state index in [1.807, 2.05) is 30.6 Å². The Morgan fingerprint density at radius 3 is 2.88 bits per heavy atom. The highest BCUT2D eigenvalue weighted by atomic mass is 32.1. The number of nitrogens with one attached hydrogen (secondary N) is 4. The molecule has 2 aromatic heterocycles. The van der Waals surface area contributed by atoms with Gasteiger partial charge in [-0.15, -0.1) is 11.3 Å².